The van der Waals surface area contributed by atoms with E-state index in [0.29, 0.717) is 11.2 Å². The summed E-state index contributed by atoms with van der Waals surface area (Å²) in [4.78, 5) is 14.4. The molecule has 9 heteroatoms. The van der Waals surface area contributed by atoms with Crippen LogP contribution in [0.2, 0.25) is 0 Å². The van der Waals surface area contributed by atoms with E-state index in [2.05, 4.69) is 9.71 Å². The lowest BCUT2D eigenvalue weighted by Crippen LogP contribution is -2.18. The monoisotopic (exact) mass is 301 g/mol. The number of fused-ring (bicyclic) bond motifs is 1. The van der Waals surface area contributed by atoms with E-state index in [4.69, 9.17) is 10.8 Å². The molecule has 1 heterocycles. The summed E-state index contributed by atoms with van der Waals surface area (Å²) in [5.41, 5.74) is 6.82. The van der Waals surface area contributed by atoms with Crippen molar-refractivity contribution < 1.29 is 18.3 Å². The number of carboxylic acid groups (broad SMARTS) is 1. The first-order chi connectivity index (χ1) is 8.85. The predicted octanol–water partition coefficient (Wildman–Crippen LogP) is 1.09. The Labute approximate surface area is 113 Å². The molecule has 0 saturated carbocycles. The molecule has 19 heavy (non-hydrogen) atoms. The number of aliphatic carboxylic acids is 1. The molecule has 0 unspecified atom stereocenters. The summed E-state index contributed by atoms with van der Waals surface area (Å²) in [6.45, 7) is 0. The molecule has 102 valence electrons. The molecule has 0 aliphatic rings. The van der Waals surface area contributed by atoms with Crippen LogP contribution in [0, 0.1) is 0 Å². The number of thiazole rings is 1. The van der Waals surface area contributed by atoms with Crippen LogP contribution < -0.4 is 10.5 Å². The second kappa shape index (κ2) is 5.02. The molecular weight excluding hydrogens is 290 g/mol. The zero-order valence-electron chi connectivity index (χ0n) is 9.66. The summed E-state index contributed by atoms with van der Waals surface area (Å²) in [7, 11) is -3.70. The standard InChI is InChI=1S/C10H11N3O4S2/c11-6-1-2-7-8(5-6)18-10(12-7)13-19(16,17)4-3-9(14)15/h1-2,5H,3-4,11H2,(H,12,13)(H,14,15). The minimum atomic E-state index is -3.70. The fourth-order valence-electron chi connectivity index (χ4n) is 1.39. The molecule has 0 saturated heterocycles. The zero-order valence-corrected chi connectivity index (χ0v) is 11.3. The van der Waals surface area contributed by atoms with Gasteiger partial charge in [-0.05, 0) is 18.2 Å². The number of nitrogens with two attached hydrogens (primary N) is 1. The van der Waals surface area contributed by atoms with Gasteiger partial charge in [-0.3, -0.25) is 9.52 Å². The van der Waals surface area contributed by atoms with Gasteiger partial charge >= 0.3 is 5.97 Å². The summed E-state index contributed by atoms with van der Waals surface area (Å²) in [5.74, 6) is -1.65. The lowest BCUT2D eigenvalue weighted by Gasteiger charge is -2.02. The third-order valence-corrected chi connectivity index (χ3v) is 4.55. The summed E-state index contributed by atoms with van der Waals surface area (Å²) >= 11 is 1.14. The Balaban J connectivity index is 2.19. The van der Waals surface area contributed by atoms with E-state index >= 15 is 0 Å². The second-order valence-electron chi connectivity index (χ2n) is 3.81. The van der Waals surface area contributed by atoms with E-state index in [1.165, 1.54) is 0 Å². The van der Waals surface area contributed by atoms with Crippen LogP contribution in [0.3, 0.4) is 0 Å². The van der Waals surface area contributed by atoms with Crippen LogP contribution in [-0.4, -0.2) is 30.2 Å². The first-order valence-electron chi connectivity index (χ1n) is 5.24. The smallest absolute Gasteiger partial charge is 0.304 e. The first kappa shape index (κ1) is 13.6. The Hall–Kier alpha value is -1.87. The van der Waals surface area contributed by atoms with Crippen LogP contribution in [-0.2, 0) is 14.8 Å². The van der Waals surface area contributed by atoms with E-state index < -0.39 is 28.2 Å². The largest absolute Gasteiger partial charge is 0.481 e. The molecule has 7 nitrogen and oxygen atoms in total. The fraction of sp³-hybridized carbons (Fsp3) is 0.200. The van der Waals surface area contributed by atoms with Crippen LogP contribution in [0.15, 0.2) is 18.2 Å². The van der Waals surface area contributed by atoms with Gasteiger partial charge < -0.3 is 10.8 Å². The predicted molar refractivity (Wildman–Crippen MR) is 73.7 cm³/mol. The van der Waals surface area contributed by atoms with E-state index in [9.17, 15) is 13.2 Å². The molecule has 0 spiro atoms. The maximum absolute atomic E-state index is 11.6. The molecule has 0 atom stereocenters. The normalized spacial score (nSPS) is 11.6. The number of nitrogens with zero attached hydrogens (tertiary/aromatic N) is 1. The number of rotatable bonds is 5. The quantitative estimate of drug-likeness (QED) is 0.711. The van der Waals surface area contributed by atoms with Crippen LogP contribution in [0.1, 0.15) is 6.42 Å². The molecule has 0 fully saturated rings. The molecule has 0 aliphatic carbocycles. The highest BCUT2D eigenvalue weighted by Crippen LogP contribution is 2.28. The Kier molecular flexibility index (Phi) is 3.58. The van der Waals surface area contributed by atoms with Crippen molar-refractivity contribution in [3.8, 4) is 0 Å². The summed E-state index contributed by atoms with van der Waals surface area (Å²) < 4.78 is 26.2. The number of nitrogens with one attached hydrogen (secondary N) is 1. The molecule has 1 aromatic heterocycles. The van der Waals surface area contributed by atoms with Gasteiger partial charge in [-0.2, -0.15) is 0 Å². The zero-order chi connectivity index (χ0) is 14.0. The van der Waals surface area contributed by atoms with E-state index in [0.717, 1.165) is 16.0 Å². The summed E-state index contributed by atoms with van der Waals surface area (Å²) in [6, 6.07) is 5.06. The second-order valence-corrected chi connectivity index (χ2v) is 6.68. The third kappa shape index (κ3) is 3.55. The number of hydrogen-bond acceptors (Lipinski definition) is 6. The molecule has 0 radical (unpaired) electrons. The maximum atomic E-state index is 11.6. The van der Waals surface area contributed by atoms with Crippen molar-refractivity contribution >= 4 is 48.4 Å². The van der Waals surface area contributed by atoms with Gasteiger partial charge in [-0.1, -0.05) is 11.3 Å². The molecule has 0 aliphatic heterocycles. The molecule has 4 N–H and O–H groups in total. The van der Waals surface area contributed by atoms with Gasteiger partial charge in [0.2, 0.25) is 10.0 Å². The van der Waals surface area contributed by atoms with Gasteiger partial charge in [0.1, 0.15) is 0 Å². The number of aromatic nitrogens is 1. The van der Waals surface area contributed by atoms with Crippen LogP contribution in [0.4, 0.5) is 10.8 Å². The van der Waals surface area contributed by atoms with Crippen LogP contribution in [0.25, 0.3) is 10.2 Å². The van der Waals surface area contributed by atoms with Gasteiger partial charge in [0, 0.05) is 5.69 Å². The summed E-state index contributed by atoms with van der Waals surface area (Å²) in [5, 5.41) is 8.67. The average Bonchev–Trinajstić information content (AvgIpc) is 2.67. The number of sulfonamides is 1. The van der Waals surface area contributed by atoms with Crippen molar-refractivity contribution in [3.05, 3.63) is 18.2 Å². The van der Waals surface area contributed by atoms with Gasteiger partial charge in [-0.25, -0.2) is 13.4 Å². The number of nitrogen functional groups attached to an aromatic ring is 1. The van der Waals surface area contributed by atoms with E-state index in [1.807, 2.05) is 0 Å². The van der Waals surface area contributed by atoms with Gasteiger partial charge in [0.05, 0.1) is 22.4 Å². The van der Waals surface area contributed by atoms with Crippen molar-refractivity contribution in [3.63, 3.8) is 0 Å². The highest BCUT2D eigenvalue weighted by molar-refractivity contribution is 7.92. The van der Waals surface area contributed by atoms with E-state index in [1.54, 1.807) is 18.2 Å². The van der Waals surface area contributed by atoms with Gasteiger partial charge in [0.15, 0.2) is 5.13 Å². The average molecular weight is 301 g/mol. The third-order valence-electron chi connectivity index (χ3n) is 2.24. The molecule has 2 rings (SSSR count). The minimum Gasteiger partial charge on any atom is -0.481 e. The molecular formula is C10H11N3O4S2. The Morgan fingerprint density at radius 2 is 2.21 bits per heavy atom. The number of benzene rings is 1. The van der Waals surface area contributed by atoms with Gasteiger partial charge in [-0.15, -0.1) is 0 Å². The maximum Gasteiger partial charge on any atom is 0.304 e. The Morgan fingerprint density at radius 3 is 2.89 bits per heavy atom. The number of hydrogen-bond donors (Lipinski definition) is 3. The van der Waals surface area contributed by atoms with Crippen molar-refractivity contribution in [2.75, 3.05) is 16.2 Å². The molecule has 0 amide bonds. The van der Waals surface area contributed by atoms with Gasteiger partial charge in [0.25, 0.3) is 0 Å². The van der Waals surface area contributed by atoms with Crippen molar-refractivity contribution in [1.82, 2.24) is 4.98 Å². The lowest BCUT2D eigenvalue weighted by molar-refractivity contribution is -0.136. The molecule has 0 bridgehead atoms. The summed E-state index contributed by atoms with van der Waals surface area (Å²) in [6.07, 6.45) is -0.451. The SMILES string of the molecule is Nc1ccc2nc(NS(=O)(=O)CCC(=O)O)sc2c1. The minimum absolute atomic E-state index is 0.200. The topological polar surface area (TPSA) is 122 Å². The van der Waals surface area contributed by atoms with Crippen molar-refractivity contribution in [1.29, 1.82) is 0 Å². The Bertz CT molecular complexity index is 723. The van der Waals surface area contributed by atoms with Crippen LogP contribution >= 0.6 is 11.3 Å². The molecule has 2 aromatic rings. The number of carboxylic acids is 1. The number of carbonyl (C=O) groups is 1. The van der Waals surface area contributed by atoms with Crippen LogP contribution in [0.5, 0.6) is 0 Å². The Morgan fingerprint density at radius 1 is 1.47 bits per heavy atom. The highest BCUT2D eigenvalue weighted by Gasteiger charge is 2.15. The van der Waals surface area contributed by atoms with Crippen molar-refractivity contribution in [2.45, 2.75) is 6.42 Å². The lowest BCUT2D eigenvalue weighted by atomic mass is 10.3. The molecule has 1 aromatic carbocycles. The van der Waals surface area contributed by atoms with Crippen molar-refractivity contribution in [2.24, 2.45) is 0 Å². The first-order valence-corrected chi connectivity index (χ1v) is 7.71. The highest BCUT2D eigenvalue weighted by atomic mass is 32.2. The van der Waals surface area contributed by atoms with E-state index in [-0.39, 0.29) is 5.13 Å². The fourth-order valence-corrected chi connectivity index (χ4v) is 3.56. The number of anilines is 2.